The molecule has 0 radical (unpaired) electrons. The third-order valence-electron chi connectivity index (χ3n) is 2.66. The van der Waals surface area contributed by atoms with Gasteiger partial charge in [0.1, 0.15) is 17.4 Å². The van der Waals surface area contributed by atoms with Crippen molar-refractivity contribution in [1.29, 1.82) is 5.26 Å². The molecule has 2 rings (SSSR count). The van der Waals surface area contributed by atoms with Crippen molar-refractivity contribution < 1.29 is 9.53 Å². The minimum atomic E-state index is -0.433. The molecule has 0 atom stereocenters. The van der Waals surface area contributed by atoms with E-state index in [1.807, 2.05) is 43.5 Å². The van der Waals surface area contributed by atoms with Crippen LogP contribution in [0.5, 0.6) is 5.75 Å². The van der Waals surface area contributed by atoms with Gasteiger partial charge in [0.15, 0.2) is 0 Å². The summed E-state index contributed by atoms with van der Waals surface area (Å²) in [5, 5.41) is 13.8. The summed E-state index contributed by atoms with van der Waals surface area (Å²) in [7, 11) is 0. The van der Waals surface area contributed by atoms with Gasteiger partial charge in [-0.2, -0.15) is 5.26 Å². The highest BCUT2D eigenvalue weighted by atomic mass is 32.1. The Kier molecular flexibility index (Phi) is 5.34. The van der Waals surface area contributed by atoms with Crippen LogP contribution in [0.4, 0.5) is 5.69 Å². The van der Waals surface area contributed by atoms with Gasteiger partial charge in [0.25, 0.3) is 5.91 Å². The second kappa shape index (κ2) is 7.43. The lowest BCUT2D eigenvalue weighted by Gasteiger charge is -2.11. The number of rotatable bonds is 5. The zero-order valence-corrected chi connectivity index (χ0v) is 13.2. The van der Waals surface area contributed by atoms with E-state index in [4.69, 9.17) is 10.00 Å². The number of ether oxygens (including phenoxy) is 1. The minimum absolute atomic E-state index is 0.0549. The summed E-state index contributed by atoms with van der Waals surface area (Å²) in [6, 6.07) is 12.8. The Labute approximate surface area is 133 Å². The summed E-state index contributed by atoms with van der Waals surface area (Å²) in [5.41, 5.74) is 0.660. The Bertz CT molecular complexity index is 713. The fourth-order valence-corrected chi connectivity index (χ4v) is 2.44. The van der Waals surface area contributed by atoms with E-state index < -0.39 is 5.91 Å². The Morgan fingerprint density at radius 2 is 2.18 bits per heavy atom. The maximum Gasteiger partial charge on any atom is 0.266 e. The van der Waals surface area contributed by atoms with E-state index in [1.165, 1.54) is 11.3 Å². The van der Waals surface area contributed by atoms with Crippen LogP contribution in [0.15, 0.2) is 47.4 Å². The summed E-state index contributed by atoms with van der Waals surface area (Å²) in [6.07, 6.45) is 1.63. The number of amides is 1. The molecule has 2 aromatic rings. The lowest BCUT2D eigenvalue weighted by molar-refractivity contribution is -0.112. The first-order valence-electron chi connectivity index (χ1n) is 6.82. The van der Waals surface area contributed by atoms with Crippen molar-refractivity contribution in [1.82, 2.24) is 0 Å². The van der Waals surface area contributed by atoms with Gasteiger partial charge in [-0.05, 0) is 43.5 Å². The van der Waals surface area contributed by atoms with Crippen LogP contribution in [-0.4, -0.2) is 12.0 Å². The van der Waals surface area contributed by atoms with Crippen LogP contribution >= 0.6 is 11.3 Å². The van der Waals surface area contributed by atoms with Gasteiger partial charge in [0.2, 0.25) is 0 Å². The zero-order chi connectivity index (χ0) is 15.9. The number of hydrogen-bond donors (Lipinski definition) is 1. The molecule has 0 spiro atoms. The third kappa shape index (κ3) is 4.47. The van der Waals surface area contributed by atoms with Gasteiger partial charge in [-0.15, -0.1) is 11.3 Å². The predicted molar refractivity (Wildman–Crippen MR) is 88.7 cm³/mol. The summed E-state index contributed by atoms with van der Waals surface area (Å²) in [6.45, 7) is 3.87. The molecule has 1 aromatic carbocycles. The van der Waals surface area contributed by atoms with Gasteiger partial charge in [0, 0.05) is 16.6 Å². The lowest BCUT2D eigenvalue weighted by Crippen LogP contribution is -2.13. The Morgan fingerprint density at radius 1 is 1.36 bits per heavy atom. The molecule has 0 bridgehead atoms. The Hall–Kier alpha value is -2.58. The highest BCUT2D eigenvalue weighted by molar-refractivity contribution is 7.10. The largest absolute Gasteiger partial charge is 0.491 e. The summed E-state index contributed by atoms with van der Waals surface area (Å²) in [5.74, 6) is 0.242. The van der Waals surface area contributed by atoms with Gasteiger partial charge < -0.3 is 10.1 Å². The first-order valence-corrected chi connectivity index (χ1v) is 7.70. The van der Waals surface area contributed by atoms with E-state index in [-0.39, 0.29) is 11.7 Å². The molecule has 0 aliphatic heterocycles. The Morgan fingerprint density at radius 3 is 2.82 bits per heavy atom. The first-order chi connectivity index (χ1) is 10.6. The van der Waals surface area contributed by atoms with Gasteiger partial charge in [-0.25, -0.2) is 0 Å². The smallest absolute Gasteiger partial charge is 0.266 e. The molecule has 0 saturated heterocycles. The molecule has 0 fully saturated rings. The van der Waals surface area contributed by atoms with Crippen LogP contribution in [0.2, 0.25) is 0 Å². The topological polar surface area (TPSA) is 62.1 Å². The highest BCUT2D eigenvalue weighted by Gasteiger charge is 2.10. The molecule has 0 saturated carbocycles. The SMILES string of the molecule is CC(C)Oc1cccc(NC(=O)/C(C#N)=C\c2cccs2)c1. The molecular weight excluding hydrogens is 296 g/mol. The molecule has 5 heteroatoms. The molecule has 0 aliphatic rings. The second-order valence-corrected chi connectivity index (χ2v) is 5.81. The summed E-state index contributed by atoms with van der Waals surface area (Å²) < 4.78 is 5.58. The third-order valence-corrected chi connectivity index (χ3v) is 3.48. The average Bonchev–Trinajstić information content (AvgIpc) is 2.97. The van der Waals surface area contributed by atoms with Gasteiger partial charge >= 0.3 is 0 Å². The van der Waals surface area contributed by atoms with Crippen LogP contribution in [0.3, 0.4) is 0 Å². The van der Waals surface area contributed by atoms with Crippen LogP contribution in [0.25, 0.3) is 6.08 Å². The normalized spacial score (nSPS) is 11.1. The van der Waals surface area contributed by atoms with Crippen molar-refractivity contribution in [2.45, 2.75) is 20.0 Å². The van der Waals surface area contributed by atoms with Gasteiger partial charge in [0.05, 0.1) is 6.10 Å². The van der Waals surface area contributed by atoms with Crippen molar-refractivity contribution in [3.05, 3.63) is 52.2 Å². The molecule has 1 aromatic heterocycles. The molecule has 0 unspecified atom stereocenters. The Balaban J connectivity index is 2.12. The van der Waals surface area contributed by atoms with E-state index >= 15 is 0 Å². The molecule has 112 valence electrons. The van der Waals surface area contributed by atoms with Crippen molar-refractivity contribution in [2.24, 2.45) is 0 Å². The van der Waals surface area contributed by atoms with Crippen LogP contribution in [0, 0.1) is 11.3 Å². The number of carbonyl (C=O) groups excluding carboxylic acids is 1. The second-order valence-electron chi connectivity index (χ2n) is 4.83. The number of benzene rings is 1. The maximum atomic E-state index is 12.2. The quantitative estimate of drug-likeness (QED) is 0.668. The van der Waals surface area contributed by atoms with Crippen molar-refractivity contribution in [2.75, 3.05) is 5.32 Å². The van der Waals surface area contributed by atoms with Crippen molar-refractivity contribution >= 4 is 29.0 Å². The molecule has 0 aliphatic carbocycles. The maximum absolute atomic E-state index is 12.2. The molecule has 1 N–H and O–H groups in total. The zero-order valence-electron chi connectivity index (χ0n) is 12.4. The van der Waals surface area contributed by atoms with Crippen molar-refractivity contribution in [3.63, 3.8) is 0 Å². The number of nitriles is 1. The van der Waals surface area contributed by atoms with E-state index in [0.717, 1.165) is 4.88 Å². The van der Waals surface area contributed by atoms with Gasteiger partial charge in [-0.1, -0.05) is 12.1 Å². The van der Waals surface area contributed by atoms with Crippen LogP contribution in [-0.2, 0) is 4.79 Å². The first kappa shape index (κ1) is 15.8. The van der Waals surface area contributed by atoms with E-state index in [2.05, 4.69) is 5.32 Å². The van der Waals surface area contributed by atoms with E-state index in [0.29, 0.717) is 11.4 Å². The van der Waals surface area contributed by atoms with Gasteiger partial charge in [-0.3, -0.25) is 4.79 Å². The number of nitrogens with one attached hydrogen (secondary N) is 1. The van der Waals surface area contributed by atoms with Crippen molar-refractivity contribution in [3.8, 4) is 11.8 Å². The summed E-state index contributed by atoms with van der Waals surface area (Å²) >= 11 is 1.47. The number of carbonyl (C=O) groups is 1. The lowest BCUT2D eigenvalue weighted by atomic mass is 10.2. The highest BCUT2D eigenvalue weighted by Crippen LogP contribution is 2.20. The number of thiophene rings is 1. The van der Waals surface area contributed by atoms with E-state index in [9.17, 15) is 4.79 Å². The molecule has 1 amide bonds. The standard InChI is InChI=1S/C17H16N2O2S/c1-12(2)21-15-6-3-5-14(10-15)19-17(20)13(11-18)9-16-7-4-8-22-16/h3-10,12H,1-2H3,(H,19,20)/b13-9-. The van der Waals surface area contributed by atoms with E-state index in [1.54, 1.807) is 24.3 Å². The molecule has 1 heterocycles. The average molecular weight is 312 g/mol. The molecule has 4 nitrogen and oxygen atoms in total. The molecule has 22 heavy (non-hydrogen) atoms. The fourth-order valence-electron chi connectivity index (χ4n) is 1.78. The number of hydrogen-bond acceptors (Lipinski definition) is 4. The monoisotopic (exact) mass is 312 g/mol. The van der Waals surface area contributed by atoms with Crippen LogP contribution in [0.1, 0.15) is 18.7 Å². The summed E-state index contributed by atoms with van der Waals surface area (Å²) in [4.78, 5) is 13.0. The number of nitrogens with zero attached hydrogens (tertiary/aromatic N) is 1. The number of anilines is 1. The minimum Gasteiger partial charge on any atom is -0.491 e. The predicted octanol–water partition coefficient (Wildman–Crippen LogP) is 4.08. The molecular formula is C17H16N2O2S. The fraction of sp³-hybridized carbons (Fsp3) is 0.176. The van der Waals surface area contributed by atoms with Crippen LogP contribution < -0.4 is 10.1 Å².